The van der Waals surface area contributed by atoms with Gasteiger partial charge in [-0.15, -0.1) is 0 Å². The number of anilines is 1. The molecule has 7 nitrogen and oxygen atoms in total. The molecule has 8 heteroatoms. The van der Waals surface area contributed by atoms with Crippen LogP contribution in [0.25, 0.3) is 0 Å². The second kappa shape index (κ2) is 9.38. The van der Waals surface area contributed by atoms with Crippen LogP contribution in [0.15, 0.2) is 53.5 Å². The van der Waals surface area contributed by atoms with Gasteiger partial charge in [0.2, 0.25) is 10.0 Å². The first kappa shape index (κ1) is 20.7. The van der Waals surface area contributed by atoms with Gasteiger partial charge >= 0.3 is 0 Å². The van der Waals surface area contributed by atoms with Crippen molar-refractivity contribution in [1.82, 2.24) is 4.72 Å². The number of para-hydroxylation sites is 2. The van der Waals surface area contributed by atoms with Crippen LogP contribution in [-0.4, -0.2) is 27.5 Å². The van der Waals surface area contributed by atoms with Gasteiger partial charge in [-0.1, -0.05) is 36.4 Å². The molecule has 0 amide bonds. The highest BCUT2D eigenvalue weighted by atomic mass is 32.2. The van der Waals surface area contributed by atoms with E-state index in [2.05, 4.69) is 15.0 Å². The molecule has 0 atom stereocenters. The van der Waals surface area contributed by atoms with Crippen LogP contribution in [0.3, 0.4) is 0 Å². The standard InChI is InChI=1S/C19H26N4O3S/c1-14(2)23-27(24,25)13-16-9-5-4-8-15(16)12-21-19(20)22-17-10-6-7-11-18(17)26-3/h4-11,14,23H,12-13H2,1-3H3,(H3,20,21,22). The number of benzene rings is 2. The molecule has 0 radical (unpaired) electrons. The van der Waals surface area contributed by atoms with E-state index in [0.29, 0.717) is 17.0 Å². The van der Waals surface area contributed by atoms with Gasteiger partial charge < -0.3 is 15.8 Å². The first-order chi connectivity index (χ1) is 12.8. The van der Waals surface area contributed by atoms with E-state index < -0.39 is 10.0 Å². The number of methoxy groups -OCH3 is 1. The van der Waals surface area contributed by atoms with Crippen LogP contribution in [0.5, 0.6) is 5.75 Å². The van der Waals surface area contributed by atoms with Gasteiger partial charge in [-0.05, 0) is 37.1 Å². The Bertz CT molecular complexity index is 895. The van der Waals surface area contributed by atoms with E-state index in [-0.39, 0.29) is 24.3 Å². The summed E-state index contributed by atoms with van der Waals surface area (Å²) in [7, 11) is -1.84. The topological polar surface area (TPSA) is 106 Å². The van der Waals surface area contributed by atoms with E-state index in [9.17, 15) is 8.42 Å². The molecule has 0 spiro atoms. The number of aliphatic imine (C=N–C) groups is 1. The molecule has 4 N–H and O–H groups in total. The summed E-state index contributed by atoms with van der Waals surface area (Å²) in [6.07, 6.45) is 0. The van der Waals surface area contributed by atoms with Gasteiger partial charge in [-0.25, -0.2) is 18.1 Å². The second-order valence-electron chi connectivity index (χ2n) is 6.33. The molecule has 146 valence electrons. The molecular weight excluding hydrogens is 364 g/mol. The fourth-order valence-corrected chi connectivity index (χ4v) is 4.05. The quantitative estimate of drug-likeness (QED) is 0.474. The van der Waals surface area contributed by atoms with Crippen molar-refractivity contribution in [3.05, 3.63) is 59.7 Å². The third-order valence-electron chi connectivity index (χ3n) is 3.67. The molecule has 0 fully saturated rings. The molecule has 0 aromatic heterocycles. The van der Waals surface area contributed by atoms with Crippen molar-refractivity contribution in [1.29, 1.82) is 0 Å². The van der Waals surface area contributed by atoms with E-state index in [4.69, 9.17) is 10.5 Å². The summed E-state index contributed by atoms with van der Waals surface area (Å²) in [5, 5.41) is 3.00. The summed E-state index contributed by atoms with van der Waals surface area (Å²) >= 11 is 0. The number of nitrogens with two attached hydrogens (primary N) is 1. The Morgan fingerprint density at radius 3 is 2.41 bits per heavy atom. The molecule has 0 unspecified atom stereocenters. The second-order valence-corrected chi connectivity index (χ2v) is 8.08. The molecule has 0 saturated heterocycles. The SMILES string of the molecule is COc1ccccc1NC(N)=NCc1ccccc1CS(=O)(=O)NC(C)C. The van der Waals surface area contributed by atoms with Gasteiger partial charge in [0.1, 0.15) is 5.75 Å². The zero-order valence-electron chi connectivity index (χ0n) is 15.8. The van der Waals surface area contributed by atoms with Crippen LogP contribution in [0, 0.1) is 0 Å². The predicted molar refractivity (Wildman–Crippen MR) is 109 cm³/mol. The monoisotopic (exact) mass is 390 g/mol. The largest absolute Gasteiger partial charge is 0.495 e. The molecule has 0 aliphatic heterocycles. The highest BCUT2D eigenvalue weighted by Gasteiger charge is 2.15. The zero-order chi connectivity index (χ0) is 19.9. The maximum Gasteiger partial charge on any atom is 0.216 e. The van der Waals surface area contributed by atoms with Crippen LogP contribution < -0.4 is 20.5 Å². The summed E-state index contributed by atoms with van der Waals surface area (Å²) in [6.45, 7) is 3.84. The Morgan fingerprint density at radius 1 is 1.11 bits per heavy atom. The van der Waals surface area contributed by atoms with E-state index >= 15 is 0 Å². The van der Waals surface area contributed by atoms with Crippen LogP contribution >= 0.6 is 0 Å². The lowest BCUT2D eigenvalue weighted by Gasteiger charge is -2.13. The molecule has 0 saturated carbocycles. The average molecular weight is 391 g/mol. The fourth-order valence-electron chi connectivity index (χ4n) is 2.55. The van der Waals surface area contributed by atoms with Crippen molar-refractivity contribution in [2.45, 2.75) is 32.2 Å². The minimum absolute atomic E-state index is 0.100. The van der Waals surface area contributed by atoms with Crippen molar-refractivity contribution in [2.24, 2.45) is 10.7 Å². The number of hydrogen-bond donors (Lipinski definition) is 3. The first-order valence-electron chi connectivity index (χ1n) is 8.57. The average Bonchev–Trinajstić information content (AvgIpc) is 2.60. The Kier molecular flexibility index (Phi) is 7.20. The predicted octanol–water partition coefficient (Wildman–Crippen LogP) is 2.45. The molecule has 2 aromatic carbocycles. The minimum Gasteiger partial charge on any atom is -0.495 e. The molecular formula is C19H26N4O3S. The van der Waals surface area contributed by atoms with Crippen molar-refractivity contribution in [3.63, 3.8) is 0 Å². The molecule has 0 heterocycles. The lowest BCUT2D eigenvalue weighted by Crippen LogP contribution is -2.31. The highest BCUT2D eigenvalue weighted by molar-refractivity contribution is 7.88. The molecule has 27 heavy (non-hydrogen) atoms. The van der Waals surface area contributed by atoms with Gasteiger partial charge in [0.15, 0.2) is 5.96 Å². The van der Waals surface area contributed by atoms with Crippen LogP contribution in [0.4, 0.5) is 5.69 Å². The van der Waals surface area contributed by atoms with Crippen molar-refractivity contribution >= 4 is 21.7 Å². The third kappa shape index (κ3) is 6.58. The van der Waals surface area contributed by atoms with E-state index in [1.54, 1.807) is 27.0 Å². The van der Waals surface area contributed by atoms with E-state index in [0.717, 1.165) is 5.56 Å². The number of nitrogens with zero attached hydrogens (tertiary/aromatic N) is 1. The minimum atomic E-state index is -3.41. The maximum atomic E-state index is 12.2. The molecule has 2 aromatic rings. The zero-order valence-corrected chi connectivity index (χ0v) is 16.6. The lowest BCUT2D eigenvalue weighted by atomic mass is 10.1. The van der Waals surface area contributed by atoms with E-state index in [1.165, 1.54) is 0 Å². The summed E-state index contributed by atoms with van der Waals surface area (Å²) in [6, 6.07) is 14.5. The summed E-state index contributed by atoms with van der Waals surface area (Å²) in [4.78, 5) is 4.33. The number of nitrogens with one attached hydrogen (secondary N) is 2. The van der Waals surface area contributed by atoms with Crippen LogP contribution in [0.1, 0.15) is 25.0 Å². The van der Waals surface area contributed by atoms with Crippen molar-refractivity contribution < 1.29 is 13.2 Å². The first-order valence-corrected chi connectivity index (χ1v) is 10.2. The lowest BCUT2D eigenvalue weighted by molar-refractivity contribution is 0.417. The Hall–Kier alpha value is -2.58. The number of rotatable bonds is 8. The van der Waals surface area contributed by atoms with Crippen LogP contribution in [-0.2, 0) is 22.3 Å². The summed E-state index contributed by atoms with van der Waals surface area (Å²) in [5.74, 6) is 0.774. The molecule has 2 rings (SSSR count). The number of sulfonamides is 1. The number of hydrogen-bond acceptors (Lipinski definition) is 4. The molecule has 0 aliphatic rings. The van der Waals surface area contributed by atoms with Gasteiger partial charge in [-0.2, -0.15) is 0 Å². The van der Waals surface area contributed by atoms with Crippen molar-refractivity contribution in [2.75, 3.05) is 12.4 Å². The Labute approximate surface area is 160 Å². The smallest absolute Gasteiger partial charge is 0.216 e. The third-order valence-corrected chi connectivity index (χ3v) is 5.19. The Morgan fingerprint density at radius 2 is 1.74 bits per heavy atom. The van der Waals surface area contributed by atoms with Gasteiger partial charge in [0.25, 0.3) is 0 Å². The number of ether oxygens (including phenoxy) is 1. The van der Waals surface area contributed by atoms with Crippen LogP contribution in [0.2, 0.25) is 0 Å². The summed E-state index contributed by atoms with van der Waals surface area (Å²) < 4.78 is 32.3. The van der Waals surface area contributed by atoms with Crippen molar-refractivity contribution in [3.8, 4) is 5.75 Å². The van der Waals surface area contributed by atoms with Gasteiger partial charge in [0, 0.05) is 6.04 Å². The maximum absolute atomic E-state index is 12.2. The number of guanidine groups is 1. The normalized spacial score (nSPS) is 12.2. The van der Waals surface area contributed by atoms with Gasteiger partial charge in [0.05, 0.1) is 25.1 Å². The Balaban J connectivity index is 2.12. The molecule has 0 bridgehead atoms. The van der Waals surface area contributed by atoms with Gasteiger partial charge in [-0.3, -0.25) is 0 Å². The highest BCUT2D eigenvalue weighted by Crippen LogP contribution is 2.22. The fraction of sp³-hybridized carbons (Fsp3) is 0.316. The molecule has 0 aliphatic carbocycles. The summed E-state index contributed by atoms with van der Waals surface area (Å²) in [5.41, 5.74) is 8.18. The van der Waals surface area contributed by atoms with E-state index in [1.807, 2.05) is 42.5 Å².